The summed E-state index contributed by atoms with van der Waals surface area (Å²) in [6.07, 6.45) is 0. The predicted molar refractivity (Wildman–Crippen MR) is 111 cm³/mol. The molecule has 0 unspecified atom stereocenters. The molecule has 1 saturated heterocycles. The number of benzene rings is 2. The zero-order chi connectivity index (χ0) is 20.8. The smallest absolute Gasteiger partial charge is 0.260 e. The maximum absolute atomic E-state index is 13.1. The van der Waals surface area contributed by atoms with E-state index in [-0.39, 0.29) is 30.4 Å². The summed E-state index contributed by atoms with van der Waals surface area (Å²) < 4.78 is 24.4. The van der Waals surface area contributed by atoms with Gasteiger partial charge in [0, 0.05) is 31.7 Å². The van der Waals surface area contributed by atoms with Crippen molar-refractivity contribution in [3.63, 3.8) is 0 Å². The molecule has 0 spiro atoms. The van der Waals surface area contributed by atoms with Gasteiger partial charge in [0.15, 0.2) is 18.1 Å². The van der Waals surface area contributed by atoms with Crippen molar-refractivity contribution in [2.75, 3.05) is 26.3 Å². The monoisotopic (exact) mass is 400 g/mol. The van der Waals surface area contributed by atoms with Crippen LogP contribution in [-0.2, 0) is 11.3 Å². The van der Waals surface area contributed by atoms with E-state index < -0.39 is 0 Å². The molecule has 3 rings (SSSR count). The molecule has 2 aromatic rings. The van der Waals surface area contributed by atoms with Crippen LogP contribution in [0.25, 0.3) is 0 Å². The van der Waals surface area contributed by atoms with E-state index in [1.165, 1.54) is 12.1 Å². The van der Waals surface area contributed by atoms with Crippen LogP contribution in [0.4, 0.5) is 4.39 Å². The molecule has 2 atom stereocenters. The molecule has 0 N–H and O–H groups in total. The fourth-order valence-electron chi connectivity index (χ4n) is 3.66. The molecule has 1 heterocycles. The third-order valence-corrected chi connectivity index (χ3v) is 5.23. The van der Waals surface area contributed by atoms with Crippen molar-refractivity contribution < 1.29 is 18.7 Å². The van der Waals surface area contributed by atoms with Gasteiger partial charge in [-0.25, -0.2) is 4.39 Å². The summed E-state index contributed by atoms with van der Waals surface area (Å²) in [7, 11) is 0. The Kier molecular flexibility index (Phi) is 7.09. The lowest BCUT2D eigenvalue weighted by atomic mass is 10.1. The van der Waals surface area contributed by atoms with Gasteiger partial charge in [0.25, 0.3) is 5.91 Å². The molecule has 0 aliphatic carbocycles. The lowest BCUT2D eigenvalue weighted by molar-refractivity contribution is -0.139. The quantitative estimate of drug-likeness (QED) is 0.710. The first-order chi connectivity index (χ1) is 14.0. The van der Waals surface area contributed by atoms with E-state index in [4.69, 9.17) is 9.47 Å². The van der Waals surface area contributed by atoms with Gasteiger partial charge in [0.2, 0.25) is 0 Å². The van der Waals surface area contributed by atoms with Crippen molar-refractivity contribution in [2.45, 2.75) is 39.4 Å². The number of rotatable bonds is 7. The molecule has 0 radical (unpaired) electrons. The van der Waals surface area contributed by atoms with Gasteiger partial charge < -0.3 is 14.4 Å². The minimum Gasteiger partial charge on any atom is -0.490 e. The average molecular weight is 400 g/mol. The second-order valence-corrected chi connectivity index (χ2v) is 7.47. The molecular formula is C23H29FN2O3. The van der Waals surface area contributed by atoms with Crippen molar-refractivity contribution in [1.29, 1.82) is 0 Å². The van der Waals surface area contributed by atoms with Gasteiger partial charge in [0.1, 0.15) is 5.82 Å². The summed E-state index contributed by atoms with van der Waals surface area (Å²) in [5.41, 5.74) is 1.07. The maximum Gasteiger partial charge on any atom is 0.260 e. The molecule has 6 heteroatoms. The van der Waals surface area contributed by atoms with Gasteiger partial charge >= 0.3 is 0 Å². The van der Waals surface area contributed by atoms with Crippen LogP contribution in [0.5, 0.6) is 11.5 Å². The van der Waals surface area contributed by atoms with Crippen LogP contribution in [0.2, 0.25) is 0 Å². The molecule has 1 aliphatic rings. The third-order valence-electron chi connectivity index (χ3n) is 5.23. The van der Waals surface area contributed by atoms with Gasteiger partial charge in [-0.3, -0.25) is 9.69 Å². The van der Waals surface area contributed by atoms with Crippen LogP contribution in [0.3, 0.4) is 0 Å². The lowest BCUT2D eigenvalue weighted by Crippen LogP contribution is -2.58. The van der Waals surface area contributed by atoms with Crippen LogP contribution >= 0.6 is 0 Å². The molecule has 29 heavy (non-hydrogen) atoms. The predicted octanol–water partition coefficient (Wildman–Crippen LogP) is 3.72. The van der Waals surface area contributed by atoms with Crippen LogP contribution < -0.4 is 9.47 Å². The van der Waals surface area contributed by atoms with E-state index in [1.54, 1.807) is 0 Å². The molecule has 0 aromatic heterocycles. The van der Waals surface area contributed by atoms with Crippen LogP contribution in [0, 0.1) is 5.82 Å². The minimum absolute atomic E-state index is 0.0148. The summed E-state index contributed by atoms with van der Waals surface area (Å²) in [4.78, 5) is 17.0. The standard InChI is InChI=1S/C23H29FN2O3/c1-4-28-21-7-5-6-8-22(21)29-16-23(27)26-14-17(2)25(13-18(26)3)15-19-9-11-20(24)12-10-19/h5-12,17-18H,4,13-16H2,1-3H3/t17-,18+/m0/s1. The van der Waals surface area contributed by atoms with E-state index in [2.05, 4.69) is 18.7 Å². The molecule has 156 valence electrons. The zero-order valence-electron chi connectivity index (χ0n) is 17.3. The fraction of sp³-hybridized carbons (Fsp3) is 0.435. The first kappa shape index (κ1) is 21.1. The highest BCUT2D eigenvalue weighted by Gasteiger charge is 2.32. The highest BCUT2D eigenvalue weighted by Crippen LogP contribution is 2.26. The average Bonchev–Trinajstić information content (AvgIpc) is 2.71. The zero-order valence-corrected chi connectivity index (χ0v) is 17.3. The van der Waals surface area contributed by atoms with Gasteiger partial charge in [-0.1, -0.05) is 24.3 Å². The van der Waals surface area contributed by atoms with Crippen molar-refractivity contribution in [3.8, 4) is 11.5 Å². The SMILES string of the molecule is CCOc1ccccc1OCC(=O)N1C[C@H](C)N(Cc2ccc(F)cc2)C[C@H]1C. The van der Waals surface area contributed by atoms with E-state index >= 15 is 0 Å². The van der Waals surface area contributed by atoms with Crippen LogP contribution in [0.1, 0.15) is 26.3 Å². The maximum atomic E-state index is 13.1. The number of carbonyl (C=O) groups excluding carboxylic acids is 1. The lowest BCUT2D eigenvalue weighted by Gasteiger charge is -2.44. The third kappa shape index (κ3) is 5.48. The first-order valence-corrected chi connectivity index (χ1v) is 10.1. The van der Waals surface area contributed by atoms with E-state index in [1.807, 2.05) is 48.2 Å². The molecule has 0 saturated carbocycles. The number of halogens is 1. The number of nitrogens with zero attached hydrogens (tertiary/aromatic N) is 2. The number of para-hydroxylation sites is 2. The van der Waals surface area contributed by atoms with E-state index in [0.717, 1.165) is 18.7 Å². The van der Waals surface area contributed by atoms with Gasteiger partial charge in [-0.2, -0.15) is 0 Å². The number of hydrogen-bond acceptors (Lipinski definition) is 4. The molecule has 1 fully saturated rings. The van der Waals surface area contributed by atoms with Gasteiger partial charge in [-0.15, -0.1) is 0 Å². The Balaban J connectivity index is 1.56. The minimum atomic E-state index is -0.225. The summed E-state index contributed by atoms with van der Waals surface area (Å²) in [5, 5.41) is 0. The van der Waals surface area contributed by atoms with Crippen molar-refractivity contribution in [2.24, 2.45) is 0 Å². The summed E-state index contributed by atoms with van der Waals surface area (Å²) in [6.45, 7) is 8.74. The molecule has 0 bridgehead atoms. The Bertz CT molecular complexity index is 812. The number of ether oxygens (including phenoxy) is 2. The number of amides is 1. The summed E-state index contributed by atoms with van der Waals surface area (Å²) in [6, 6.07) is 14.3. The van der Waals surface area contributed by atoms with Crippen LogP contribution in [-0.4, -0.2) is 54.1 Å². The molecule has 2 aromatic carbocycles. The van der Waals surface area contributed by atoms with Crippen molar-refractivity contribution in [1.82, 2.24) is 9.80 Å². The summed E-state index contributed by atoms with van der Waals surface area (Å²) >= 11 is 0. The number of hydrogen-bond donors (Lipinski definition) is 0. The van der Waals surface area contributed by atoms with E-state index in [9.17, 15) is 9.18 Å². The highest BCUT2D eigenvalue weighted by molar-refractivity contribution is 5.78. The molecule has 5 nitrogen and oxygen atoms in total. The largest absolute Gasteiger partial charge is 0.490 e. The van der Waals surface area contributed by atoms with Crippen molar-refractivity contribution >= 4 is 5.91 Å². The Hall–Kier alpha value is -2.60. The number of carbonyl (C=O) groups is 1. The van der Waals surface area contributed by atoms with Crippen molar-refractivity contribution in [3.05, 3.63) is 59.9 Å². The first-order valence-electron chi connectivity index (χ1n) is 10.1. The highest BCUT2D eigenvalue weighted by atomic mass is 19.1. The van der Waals surface area contributed by atoms with E-state index in [0.29, 0.717) is 24.7 Å². The van der Waals surface area contributed by atoms with Crippen LogP contribution in [0.15, 0.2) is 48.5 Å². The Morgan fingerprint density at radius 1 is 1.00 bits per heavy atom. The molecular weight excluding hydrogens is 371 g/mol. The Morgan fingerprint density at radius 2 is 1.66 bits per heavy atom. The Morgan fingerprint density at radius 3 is 2.31 bits per heavy atom. The summed E-state index contributed by atoms with van der Waals surface area (Å²) in [5.74, 6) is 0.972. The second-order valence-electron chi connectivity index (χ2n) is 7.47. The van der Waals surface area contributed by atoms with Gasteiger partial charge in [0.05, 0.1) is 6.61 Å². The Labute approximate surface area is 172 Å². The number of piperazine rings is 1. The fourth-order valence-corrected chi connectivity index (χ4v) is 3.66. The molecule has 1 aliphatic heterocycles. The topological polar surface area (TPSA) is 42.0 Å². The second kappa shape index (κ2) is 9.74. The van der Waals surface area contributed by atoms with Gasteiger partial charge in [-0.05, 0) is 50.6 Å². The normalized spacial score (nSPS) is 19.8. The molecule has 1 amide bonds.